The van der Waals surface area contributed by atoms with Crippen LogP contribution in [0, 0.1) is 53.7 Å². The van der Waals surface area contributed by atoms with Gasteiger partial charge in [-0.1, -0.05) is 13.0 Å². The lowest BCUT2D eigenvalue weighted by molar-refractivity contribution is -0.137. The van der Waals surface area contributed by atoms with E-state index in [4.69, 9.17) is 4.74 Å². The van der Waals surface area contributed by atoms with E-state index >= 15 is 0 Å². The number of Topliss-reactive ketones (excluding diaryl/α,β-unsaturated/α-hetero) is 1. The molecule has 188 valence electrons. The van der Waals surface area contributed by atoms with Gasteiger partial charge in [0.15, 0.2) is 0 Å². The van der Waals surface area contributed by atoms with E-state index in [1.165, 1.54) is 31.7 Å². The molecule has 0 amide bonds. The fourth-order valence-electron chi connectivity index (χ4n) is 9.08. The van der Waals surface area contributed by atoms with Crippen molar-refractivity contribution in [3.05, 3.63) is 35.1 Å². The van der Waals surface area contributed by atoms with Gasteiger partial charge in [0.25, 0.3) is 0 Å². The summed E-state index contributed by atoms with van der Waals surface area (Å²) in [4.78, 5) is 13.5. The summed E-state index contributed by atoms with van der Waals surface area (Å²) in [7, 11) is 0. The number of carbonyl (C=O) groups is 1. The molecule has 0 heterocycles. The van der Waals surface area contributed by atoms with Crippen molar-refractivity contribution in [3.8, 4) is 0 Å². The van der Waals surface area contributed by atoms with E-state index in [1.807, 2.05) is 13.8 Å². The molecule has 4 fully saturated rings. The molecule has 0 spiro atoms. The van der Waals surface area contributed by atoms with E-state index in [-0.39, 0.29) is 17.2 Å². The SMILES string of the molecule is CCOC[C@@]1(O)CC[C@H]2[C@H](CC[C@@H]3[C@@H]2CC[C@]2(C)[C@@H](C(=O)Cc4ccc(F)cc4C)CC[C@@H]32)C1. The van der Waals surface area contributed by atoms with Crippen molar-refractivity contribution in [1.82, 2.24) is 0 Å². The Bertz CT molecular complexity index is 914. The maximum Gasteiger partial charge on any atom is 0.140 e. The molecule has 8 atom stereocenters. The van der Waals surface area contributed by atoms with Crippen LogP contribution >= 0.6 is 0 Å². The zero-order valence-corrected chi connectivity index (χ0v) is 21.3. The second-order valence-corrected chi connectivity index (χ2v) is 12.4. The van der Waals surface area contributed by atoms with Gasteiger partial charge in [0, 0.05) is 18.9 Å². The van der Waals surface area contributed by atoms with Gasteiger partial charge in [-0.25, -0.2) is 4.39 Å². The Balaban J connectivity index is 1.27. The summed E-state index contributed by atoms with van der Waals surface area (Å²) in [5.41, 5.74) is 1.35. The number of ether oxygens (including phenoxy) is 1. The van der Waals surface area contributed by atoms with Gasteiger partial charge in [-0.05, 0) is 130 Å². The highest BCUT2D eigenvalue weighted by Crippen LogP contribution is 2.64. The van der Waals surface area contributed by atoms with Crippen LogP contribution in [0.2, 0.25) is 0 Å². The quantitative estimate of drug-likeness (QED) is 0.532. The summed E-state index contributed by atoms with van der Waals surface area (Å²) in [5.74, 6) is 3.81. The second-order valence-electron chi connectivity index (χ2n) is 12.4. The summed E-state index contributed by atoms with van der Waals surface area (Å²) in [6, 6.07) is 4.83. The topological polar surface area (TPSA) is 46.5 Å². The summed E-state index contributed by atoms with van der Waals surface area (Å²) in [6.45, 7) is 7.48. The van der Waals surface area contributed by atoms with E-state index in [0.29, 0.717) is 37.3 Å². The second kappa shape index (κ2) is 9.32. The smallest absolute Gasteiger partial charge is 0.140 e. The maximum atomic E-state index is 13.5. The first-order valence-electron chi connectivity index (χ1n) is 13.8. The molecule has 3 nitrogen and oxygen atoms in total. The van der Waals surface area contributed by atoms with Crippen LogP contribution in [-0.2, 0) is 16.0 Å². The number of fused-ring (bicyclic) bond motifs is 5. The number of ketones is 1. The van der Waals surface area contributed by atoms with Crippen LogP contribution in [0.3, 0.4) is 0 Å². The van der Waals surface area contributed by atoms with Crippen molar-refractivity contribution in [2.24, 2.45) is 40.9 Å². The number of aryl methyl sites for hydroxylation is 1. The predicted molar refractivity (Wildman–Crippen MR) is 132 cm³/mol. The molecule has 0 bridgehead atoms. The first-order valence-corrected chi connectivity index (χ1v) is 13.8. The standard InChI is InChI=1S/C30H43FO3/c1-4-34-18-30(33)14-12-23-21(17-30)6-8-25-24(23)11-13-29(3)26(25)9-10-27(29)28(32)16-20-5-7-22(31)15-19(20)2/h5,7,15,21,23-27,33H,4,6,8-14,16-18H2,1-3H3/t21-,23+,24-,25-,26+,27-,29+,30-/m1/s1. The minimum Gasteiger partial charge on any atom is -0.387 e. The Labute approximate surface area is 204 Å². The first kappa shape index (κ1) is 24.4. The van der Waals surface area contributed by atoms with Crippen LogP contribution < -0.4 is 0 Å². The molecule has 4 aliphatic rings. The van der Waals surface area contributed by atoms with Gasteiger partial charge in [-0.3, -0.25) is 4.79 Å². The highest BCUT2D eigenvalue weighted by atomic mass is 19.1. The lowest BCUT2D eigenvalue weighted by atomic mass is 9.49. The van der Waals surface area contributed by atoms with E-state index in [9.17, 15) is 14.3 Å². The Kier molecular flexibility index (Phi) is 6.70. The van der Waals surface area contributed by atoms with E-state index < -0.39 is 5.60 Å². The summed E-state index contributed by atoms with van der Waals surface area (Å²) in [6.07, 6.45) is 10.4. The van der Waals surface area contributed by atoms with Gasteiger partial charge in [0.2, 0.25) is 0 Å². The van der Waals surface area contributed by atoms with Crippen LogP contribution in [0.25, 0.3) is 0 Å². The highest BCUT2D eigenvalue weighted by Gasteiger charge is 2.58. The predicted octanol–water partition coefficient (Wildman–Crippen LogP) is 6.28. The third-order valence-electron chi connectivity index (χ3n) is 10.7. The Morgan fingerprint density at radius 3 is 2.65 bits per heavy atom. The zero-order valence-electron chi connectivity index (χ0n) is 21.3. The van der Waals surface area contributed by atoms with Crippen molar-refractivity contribution in [1.29, 1.82) is 0 Å². The van der Waals surface area contributed by atoms with Gasteiger partial charge in [0.05, 0.1) is 12.2 Å². The molecule has 0 radical (unpaired) electrons. The summed E-state index contributed by atoms with van der Waals surface area (Å²) < 4.78 is 19.2. The molecule has 0 saturated heterocycles. The minimum atomic E-state index is -0.628. The molecule has 5 rings (SSSR count). The van der Waals surface area contributed by atoms with Gasteiger partial charge in [0.1, 0.15) is 11.6 Å². The number of hydrogen-bond acceptors (Lipinski definition) is 3. The first-order chi connectivity index (χ1) is 16.2. The minimum absolute atomic E-state index is 0.114. The van der Waals surface area contributed by atoms with Crippen LogP contribution in [0.4, 0.5) is 4.39 Å². The van der Waals surface area contributed by atoms with Gasteiger partial charge < -0.3 is 9.84 Å². The monoisotopic (exact) mass is 470 g/mol. The van der Waals surface area contributed by atoms with Gasteiger partial charge in [-0.2, -0.15) is 0 Å². The number of hydrogen-bond donors (Lipinski definition) is 1. The Morgan fingerprint density at radius 2 is 1.88 bits per heavy atom. The third kappa shape index (κ3) is 4.28. The van der Waals surface area contributed by atoms with Crippen LogP contribution in [0.5, 0.6) is 0 Å². The fraction of sp³-hybridized carbons (Fsp3) is 0.767. The van der Waals surface area contributed by atoms with Crippen LogP contribution in [-0.4, -0.2) is 29.7 Å². The zero-order chi connectivity index (χ0) is 24.1. The van der Waals surface area contributed by atoms with Crippen LogP contribution in [0.1, 0.15) is 82.8 Å². The molecular formula is C30H43FO3. The van der Waals surface area contributed by atoms with Crippen molar-refractivity contribution >= 4 is 5.78 Å². The molecule has 1 aromatic carbocycles. The largest absolute Gasteiger partial charge is 0.387 e. The molecule has 1 N–H and O–H groups in total. The summed E-state index contributed by atoms with van der Waals surface area (Å²) in [5, 5.41) is 11.1. The number of rotatable bonds is 6. The van der Waals surface area contributed by atoms with Crippen LogP contribution in [0.15, 0.2) is 18.2 Å². The van der Waals surface area contributed by atoms with Crippen molar-refractivity contribution in [3.63, 3.8) is 0 Å². The lowest BCUT2D eigenvalue weighted by Crippen LogP contribution is -2.52. The molecule has 0 aromatic heterocycles. The summed E-state index contributed by atoms with van der Waals surface area (Å²) >= 11 is 0. The molecule has 34 heavy (non-hydrogen) atoms. The van der Waals surface area contributed by atoms with E-state index in [1.54, 1.807) is 12.1 Å². The van der Waals surface area contributed by atoms with Gasteiger partial charge in [-0.15, -0.1) is 0 Å². The van der Waals surface area contributed by atoms with Crippen molar-refractivity contribution in [2.45, 2.75) is 90.6 Å². The Morgan fingerprint density at radius 1 is 1.09 bits per heavy atom. The number of aliphatic hydroxyl groups is 1. The maximum absolute atomic E-state index is 13.5. The fourth-order valence-corrected chi connectivity index (χ4v) is 9.08. The molecule has 1 aromatic rings. The van der Waals surface area contributed by atoms with E-state index in [0.717, 1.165) is 61.0 Å². The van der Waals surface area contributed by atoms with Gasteiger partial charge >= 0.3 is 0 Å². The highest BCUT2D eigenvalue weighted by molar-refractivity contribution is 5.84. The molecule has 4 heteroatoms. The molecule has 4 aliphatic carbocycles. The lowest BCUT2D eigenvalue weighted by Gasteiger charge is -2.57. The average molecular weight is 471 g/mol. The normalized spacial score (nSPS) is 41.4. The molecule has 0 aliphatic heterocycles. The Hall–Kier alpha value is -1.26. The number of halogens is 1. The van der Waals surface area contributed by atoms with Crippen molar-refractivity contribution in [2.75, 3.05) is 13.2 Å². The number of benzene rings is 1. The molecule has 0 unspecified atom stereocenters. The third-order valence-corrected chi connectivity index (χ3v) is 10.7. The van der Waals surface area contributed by atoms with Crippen molar-refractivity contribution < 1.29 is 19.0 Å². The molecular weight excluding hydrogens is 427 g/mol. The number of carbonyl (C=O) groups excluding carboxylic acids is 1. The molecule has 4 saturated carbocycles. The average Bonchev–Trinajstić information content (AvgIpc) is 3.16. The van der Waals surface area contributed by atoms with E-state index in [2.05, 4.69) is 6.92 Å².